The second-order valence-corrected chi connectivity index (χ2v) is 8.46. The second kappa shape index (κ2) is 10.8. The molecule has 1 aliphatic rings. The molecule has 0 saturated carbocycles. The lowest BCUT2D eigenvalue weighted by molar-refractivity contribution is -0.139. The Morgan fingerprint density at radius 2 is 1.84 bits per heavy atom. The molecular weight excluding hydrogens is 520 g/mol. The number of alkyl halides is 6. The van der Waals surface area contributed by atoms with E-state index in [1.165, 1.54) is 18.2 Å². The van der Waals surface area contributed by atoms with Crippen molar-refractivity contribution in [1.82, 2.24) is 15.0 Å². The van der Waals surface area contributed by atoms with Gasteiger partial charge in [0, 0.05) is 12.1 Å². The standard InChI is InChI=1S/C25H21F6N3O4/c26-24(27,28)17-9-6-15(7-10-17)4-1-2-13-37-20-11-8-16(14-18(20)25(29,30)31)21-32-22(38-33-21)19-5-3-12-34(19)23(35)36/h1,4,6-11,14,19H,2-3,5,12-13H2,(H,35,36)/b4-1+/t19-/m0/s1. The summed E-state index contributed by atoms with van der Waals surface area (Å²) in [5.41, 5.74) is -1.32. The number of amides is 1. The topological polar surface area (TPSA) is 88.7 Å². The zero-order chi connectivity index (χ0) is 27.5. The first kappa shape index (κ1) is 27.0. The van der Waals surface area contributed by atoms with Crippen molar-refractivity contribution in [2.45, 2.75) is 37.7 Å². The van der Waals surface area contributed by atoms with E-state index in [-0.39, 0.29) is 30.3 Å². The van der Waals surface area contributed by atoms with E-state index in [9.17, 15) is 36.2 Å². The zero-order valence-electron chi connectivity index (χ0n) is 19.6. The molecule has 3 aromatic rings. The molecule has 4 rings (SSSR count). The first-order valence-electron chi connectivity index (χ1n) is 11.4. The molecule has 202 valence electrons. The Kier molecular flexibility index (Phi) is 7.65. The molecule has 13 heteroatoms. The third-order valence-electron chi connectivity index (χ3n) is 5.86. The van der Waals surface area contributed by atoms with Crippen LogP contribution in [0.25, 0.3) is 17.5 Å². The number of aromatic nitrogens is 2. The number of ether oxygens (including phenoxy) is 1. The number of rotatable bonds is 7. The molecule has 1 aromatic heterocycles. The molecule has 1 fully saturated rings. The minimum absolute atomic E-state index is 0.00798. The molecule has 1 N–H and O–H groups in total. The van der Waals surface area contributed by atoms with E-state index in [2.05, 4.69) is 10.1 Å². The molecule has 2 heterocycles. The monoisotopic (exact) mass is 541 g/mol. The number of nitrogens with zero attached hydrogens (tertiary/aromatic N) is 3. The summed E-state index contributed by atoms with van der Waals surface area (Å²) >= 11 is 0. The Balaban J connectivity index is 1.42. The fourth-order valence-electron chi connectivity index (χ4n) is 4.00. The molecule has 0 spiro atoms. The maximum Gasteiger partial charge on any atom is 0.419 e. The largest absolute Gasteiger partial charge is 0.493 e. The third kappa shape index (κ3) is 6.26. The summed E-state index contributed by atoms with van der Waals surface area (Å²) in [6.07, 6.45) is -5.96. The number of carbonyl (C=O) groups is 1. The summed E-state index contributed by atoms with van der Waals surface area (Å²) in [6, 6.07) is 7.09. The molecule has 0 bridgehead atoms. The van der Waals surface area contributed by atoms with E-state index in [4.69, 9.17) is 9.26 Å². The molecule has 1 aliphatic heterocycles. The van der Waals surface area contributed by atoms with Gasteiger partial charge in [0.05, 0.1) is 17.7 Å². The Morgan fingerprint density at radius 3 is 2.50 bits per heavy atom. The lowest BCUT2D eigenvalue weighted by Gasteiger charge is -2.17. The normalized spacial score (nSPS) is 16.4. The van der Waals surface area contributed by atoms with Gasteiger partial charge >= 0.3 is 18.4 Å². The van der Waals surface area contributed by atoms with Crippen molar-refractivity contribution in [3.05, 3.63) is 71.1 Å². The fraction of sp³-hybridized carbons (Fsp3) is 0.320. The molecule has 1 atom stereocenters. The maximum absolute atomic E-state index is 13.7. The van der Waals surface area contributed by atoms with Gasteiger partial charge in [-0.1, -0.05) is 29.4 Å². The molecule has 38 heavy (non-hydrogen) atoms. The Hall–Kier alpha value is -4.03. The van der Waals surface area contributed by atoms with Gasteiger partial charge in [-0.15, -0.1) is 0 Å². The SMILES string of the molecule is O=C(O)N1CCC[C@H]1c1nc(-c2ccc(OCC/C=C/c3ccc(C(F)(F)F)cc3)c(C(F)(F)F)c2)no1. The van der Waals surface area contributed by atoms with Gasteiger partial charge in [-0.25, -0.2) is 4.79 Å². The molecule has 0 unspecified atom stereocenters. The summed E-state index contributed by atoms with van der Waals surface area (Å²) in [7, 11) is 0. The summed E-state index contributed by atoms with van der Waals surface area (Å²) in [5, 5.41) is 13.0. The van der Waals surface area contributed by atoms with Crippen molar-refractivity contribution < 1.29 is 45.5 Å². The Bertz CT molecular complexity index is 1300. The maximum atomic E-state index is 13.7. The number of hydrogen-bond acceptors (Lipinski definition) is 5. The fourth-order valence-corrected chi connectivity index (χ4v) is 4.00. The van der Waals surface area contributed by atoms with Gasteiger partial charge in [0.15, 0.2) is 0 Å². The van der Waals surface area contributed by atoms with Crippen LogP contribution < -0.4 is 4.74 Å². The first-order chi connectivity index (χ1) is 17.9. The lowest BCUT2D eigenvalue weighted by atomic mass is 10.1. The highest BCUT2D eigenvalue weighted by Crippen LogP contribution is 2.39. The number of hydrogen-bond donors (Lipinski definition) is 1. The smallest absolute Gasteiger partial charge is 0.419 e. The van der Waals surface area contributed by atoms with Crippen LogP contribution in [0.3, 0.4) is 0 Å². The second-order valence-electron chi connectivity index (χ2n) is 8.46. The minimum Gasteiger partial charge on any atom is -0.493 e. The van der Waals surface area contributed by atoms with Crippen LogP contribution in [0.5, 0.6) is 5.75 Å². The van der Waals surface area contributed by atoms with Crippen LogP contribution in [0.1, 0.15) is 47.9 Å². The highest BCUT2D eigenvalue weighted by molar-refractivity contribution is 5.66. The van der Waals surface area contributed by atoms with Crippen LogP contribution in [0, 0.1) is 0 Å². The lowest BCUT2D eigenvalue weighted by Crippen LogP contribution is -2.28. The van der Waals surface area contributed by atoms with E-state index >= 15 is 0 Å². The molecule has 0 radical (unpaired) electrons. The Labute approximate surface area is 212 Å². The molecule has 2 aromatic carbocycles. The van der Waals surface area contributed by atoms with Crippen LogP contribution in [0.2, 0.25) is 0 Å². The van der Waals surface area contributed by atoms with Crippen molar-refractivity contribution in [1.29, 1.82) is 0 Å². The van der Waals surface area contributed by atoms with Crippen molar-refractivity contribution in [2.24, 2.45) is 0 Å². The summed E-state index contributed by atoms with van der Waals surface area (Å²) < 4.78 is 89.6. The number of carboxylic acid groups (broad SMARTS) is 1. The van der Waals surface area contributed by atoms with Crippen LogP contribution in [-0.4, -0.2) is 39.4 Å². The minimum atomic E-state index is -4.75. The zero-order valence-corrected chi connectivity index (χ0v) is 19.6. The van der Waals surface area contributed by atoms with Crippen molar-refractivity contribution in [3.8, 4) is 17.1 Å². The van der Waals surface area contributed by atoms with Crippen LogP contribution >= 0.6 is 0 Å². The number of likely N-dealkylation sites (tertiary alicyclic amines) is 1. The van der Waals surface area contributed by atoms with E-state index in [0.29, 0.717) is 24.9 Å². The highest BCUT2D eigenvalue weighted by atomic mass is 19.4. The average molecular weight is 541 g/mol. The average Bonchev–Trinajstić information content (AvgIpc) is 3.53. The van der Waals surface area contributed by atoms with Crippen molar-refractivity contribution >= 4 is 12.2 Å². The quantitative estimate of drug-likeness (QED) is 0.254. The molecular formula is C25H21F6N3O4. The van der Waals surface area contributed by atoms with Gasteiger partial charge in [0.1, 0.15) is 11.8 Å². The van der Waals surface area contributed by atoms with E-state index in [1.807, 2.05) is 0 Å². The van der Waals surface area contributed by atoms with Gasteiger partial charge < -0.3 is 14.4 Å². The van der Waals surface area contributed by atoms with E-state index < -0.39 is 41.4 Å². The van der Waals surface area contributed by atoms with Crippen molar-refractivity contribution in [2.75, 3.05) is 13.2 Å². The molecule has 0 aliphatic carbocycles. The van der Waals surface area contributed by atoms with Crippen molar-refractivity contribution in [3.63, 3.8) is 0 Å². The van der Waals surface area contributed by atoms with Gasteiger partial charge in [-0.3, -0.25) is 4.90 Å². The predicted molar refractivity (Wildman–Crippen MR) is 122 cm³/mol. The van der Waals surface area contributed by atoms with Crippen LogP contribution in [0.4, 0.5) is 31.1 Å². The van der Waals surface area contributed by atoms with Crippen LogP contribution in [0.15, 0.2) is 53.1 Å². The summed E-state index contributed by atoms with van der Waals surface area (Å²) in [6.45, 7) is 0.181. The van der Waals surface area contributed by atoms with Gasteiger partial charge in [0.25, 0.3) is 0 Å². The number of benzene rings is 2. The molecule has 1 saturated heterocycles. The van der Waals surface area contributed by atoms with Gasteiger partial charge in [-0.2, -0.15) is 31.3 Å². The van der Waals surface area contributed by atoms with Crippen LogP contribution in [-0.2, 0) is 12.4 Å². The molecule has 7 nitrogen and oxygen atoms in total. The number of halogens is 6. The van der Waals surface area contributed by atoms with E-state index in [0.717, 1.165) is 29.2 Å². The highest BCUT2D eigenvalue weighted by Gasteiger charge is 2.36. The Morgan fingerprint density at radius 1 is 1.11 bits per heavy atom. The summed E-state index contributed by atoms with van der Waals surface area (Å²) in [5.74, 6) is -0.525. The summed E-state index contributed by atoms with van der Waals surface area (Å²) in [4.78, 5) is 16.6. The predicted octanol–water partition coefficient (Wildman–Crippen LogP) is 7.07. The molecule has 1 amide bonds. The van der Waals surface area contributed by atoms with Gasteiger partial charge in [0.2, 0.25) is 11.7 Å². The van der Waals surface area contributed by atoms with Gasteiger partial charge in [-0.05, 0) is 55.2 Å². The van der Waals surface area contributed by atoms with E-state index in [1.54, 1.807) is 12.2 Å². The third-order valence-corrected chi connectivity index (χ3v) is 5.86. The first-order valence-corrected chi connectivity index (χ1v) is 11.4.